The first-order chi connectivity index (χ1) is 14.0. The van der Waals surface area contributed by atoms with Gasteiger partial charge in [-0.1, -0.05) is 6.07 Å². The van der Waals surface area contributed by atoms with Crippen LogP contribution in [0.4, 0.5) is 5.69 Å². The van der Waals surface area contributed by atoms with Gasteiger partial charge in [-0.25, -0.2) is 17.9 Å². The number of sulfonamides is 1. The van der Waals surface area contributed by atoms with Gasteiger partial charge in [0.2, 0.25) is 10.0 Å². The SMILES string of the molecule is COc1ccc(CCNS(=O)(=O)c2cc(C(=O)O)ccc2NC(C)(C)C)cc1OC. The molecule has 0 spiro atoms. The van der Waals surface area contributed by atoms with Crippen LogP contribution in [0.1, 0.15) is 36.7 Å². The molecule has 0 aromatic heterocycles. The first kappa shape index (κ1) is 23.5. The second-order valence-electron chi connectivity index (χ2n) is 7.73. The molecule has 0 saturated heterocycles. The Hall–Kier alpha value is -2.78. The molecule has 0 bridgehead atoms. The van der Waals surface area contributed by atoms with Crippen molar-refractivity contribution in [2.24, 2.45) is 0 Å². The van der Waals surface area contributed by atoms with Crippen LogP contribution in [-0.2, 0) is 16.4 Å². The van der Waals surface area contributed by atoms with E-state index in [-0.39, 0.29) is 17.0 Å². The van der Waals surface area contributed by atoms with Crippen LogP contribution in [0, 0.1) is 0 Å². The third-order valence-electron chi connectivity index (χ3n) is 4.18. The Bertz CT molecular complexity index is 1010. The van der Waals surface area contributed by atoms with E-state index in [9.17, 15) is 18.3 Å². The summed E-state index contributed by atoms with van der Waals surface area (Å²) >= 11 is 0. The second kappa shape index (κ2) is 9.36. The molecule has 2 aromatic rings. The molecule has 0 heterocycles. The van der Waals surface area contributed by atoms with Gasteiger partial charge < -0.3 is 19.9 Å². The van der Waals surface area contributed by atoms with Gasteiger partial charge >= 0.3 is 5.97 Å². The number of hydrogen-bond acceptors (Lipinski definition) is 6. The quantitative estimate of drug-likeness (QED) is 0.553. The van der Waals surface area contributed by atoms with E-state index in [1.807, 2.05) is 26.8 Å². The van der Waals surface area contributed by atoms with Gasteiger partial charge in [0, 0.05) is 12.1 Å². The summed E-state index contributed by atoms with van der Waals surface area (Å²) in [7, 11) is -0.877. The predicted octanol–water partition coefficient (Wildman–Crippen LogP) is 3.13. The van der Waals surface area contributed by atoms with Crippen LogP contribution < -0.4 is 19.5 Å². The molecule has 0 atom stereocenters. The first-order valence-electron chi connectivity index (χ1n) is 9.33. The highest BCUT2D eigenvalue weighted by molar-refractivity contribution is 7.89. The van der Waals surface area contributed by atoms with E-state index >= 15 is 0 Å². The highest BCUT2D eigenvalue weighted by Crippen LogP contribution is 2.28. The molecule has 2 aromatic carbocycles. The van der Waals surface area contributed by atoms with Crippen LogP contribution in [0.15, 0.2) is 41.3 Å². The van der Waals surface area contributed by atoms with Crippen LogP contribution in [0.25, 0.3) is 0 Å². The van der Waals surface area contributed by atoms with Crippen molar-refractivity contribution >= 4 is 21.7 Å². The normalized spacial score (nSPS) is 11.8. The first-order valence-corrected chi connectivity index (χ1v) is 10.8. The molecule has 0 saturated carbocycles. The molecular weight excluding hydrogens is 408 g/mol. The van der Waals surface area contributed by atoms with Gasteiger partial charge in [-0.2, -0.15) is 0 Å². The zero-order valence-corrected chi connectivity index (χ0v) is 18.6. The largest absolute Gasteiger partial charge is 0.493 e. The van der Waals surface area contributed by atoms with Crippen molar-refractivity contribution in [3.05, 3.63) is 47.5 Å². The van der Waals surface area contributed by atoms with E-state index in [2.05, 4.69) is 10.0 Å². The Kier molecular flexibility index (Phi) is 7.33. The number of benzene rings is 2. The highest BCUT2D eigenvalue weighted by atomic mass is 32.2. The third-order valence-corrected chi connectivity index (χ3v) is 5.68. The van der Waals surface area contributed by atoms with Crippen LogP contribution in [0.3, 0.4) is 0 Å². The number of nitrogens with one attached hydrogen (secondary N) is 2. The fraction of sp³-hybridized carbons (Fsp3) is 0.381. The van der Waals surface area contributed by atoms with E-state index < -0.39 is 21.5 Å². The van der Waals surface area contributed by atoms with E-state index in [1.54, 1.807) is 19.2 Å². The van der Waals surface area contributed by atoms with Crippen molar-refractivity contribution in [3.63, 3.8) is 0 Å². The third kappa shape index (κ3) is 6.11. The van der Waals surface area contributed by atoms with Gasteiger partial charge in [-0.15, -0.1) is 0 Å². The van der Waals surface area contributed by atoms with Crippen LogP contribution in [0.5, 0.6) is 11.5 Å². The standard InChI is InChI=1S/C21H28N2O6S/c1-21(2,3)23-16-8-7-15(20(24)25)13-19(16)30(26,27)22-11-10-14-6-9-17(28-4)18(12-14)29-5/h6-9,12-13,22-23H,10-11H2,1-5H3,(H,24,25). The van der Waals surface area contributed by atoms with Crippen molar-refractivity contribution in [2.75, 3.05) is 26.1 Å². The predicted molar refractivity (Wildman–Crippen MR) is 115 cm³/mol. The van der Waals surface area contributed by atoms with Crippen molar-refractivity contribution in [1.29, 1.82) is 0 Å². The maximum absolute atomic E-state index is 12.9. The van der Waals surface area contributed by atoms with Crippen molar-refractivity contribution in [1.82, 2.24) is 4.72 Å². The molecule has 0 aliphatic carbocycles. The average molecular weight is 437 g/mol. The molecule has 3 N–H and O–H groups in total. The second-order valence-corrected chi connectivity index (χ2v) is 9.46. The topological polar surface area (TPSA) is 114 Å². The summed E-state index contributed by atoms with van der Waals surface area (Å²) in [6, 6.07) is 9.37. The molecule has 0 amide bonds. The number of carboxylic acid groups (broad SMARTS) is 1. The number of methoxy groups -OCH3 is 2. The molecule has 0 aliphatic heterocycles. The van der Waals surface area contributed by atoms with Gasteiger partial charge in [0.05, 0.1) is 25.5 Å². The van der Waals surface area contributed by atoms with Crippen molar-refractivity contribution in [2.45, 2.75) is 37.6 Å². The van der Waals surface area contributed by atoms with Gasteiger partial charge in [-0.3, -0.25) is 0 Å². The summed E-state index contributed by atoms with van der Waals surface area (Å²) in [6.45, 7) is 5.79. The van der Waals surface area contributed by atoms with Gasteiger partial charge in [0.1, 0.15) is 4.90 Å². The Morgan fingerprint density at radius 2 is 1.70 bits per heavy atom. The number of anilines is 1. The lowest BCUT2D eigenvalue weighted by Crippen LogP contribution is -2.30. The summed E-state index contributed by atoms with van der Waals surface area (Å²) < 4.78 is 38.9. The molecular formula is C21H28N2O6S. The van der Waals surface area contributed by atoms with E-state index in [1.165, 1.54) is 19.2 Å². The van der Waals surface area contributed by atoms with E-state index in [4.69, 9.17) is 9.47 Å². The smallest absolute Gasteiger partial charge is 0.335 e. The summed E-state index contributed by atoms with van der Waals surface area (Å²) in [5.74, 6) is -0.0482. The lowest BCUT2D eigenvalue weighted by Gasteiger charge is -2.24. The number of ether oxygens (including phenoxy) is 2. The molecule has 9 heteroatoms. The summed E-state index contributed by atoms with van der Waals surface area (Å²) in [5, 5.41) is 12.4. The maximum atomic E-state index is 12.9. The van der Waals surface area contributed by atoms with Crippen LogP contribution >= 0.6 is 0 Å². The molecule has 0 radical (unpaired) electrons. The number of carbonyl (C=O) groups is 1. The molecule has 164 valence electrons. The van der Waals surface area contributed by atoms with Crippen molar-refractivity contribution < 1.29 is 27.8 Å². The zero-order chi connectivity index (χ0) is 22.5. The monoisotopic (exact) mass is 436 g/mol. The molecule has 0 unspecified atom stereocenters. The van der Waals surface area contributed by atoms with Crippen LogP contribution in [0.2, 0.25) is 0 Å². The fourth-order valence-corrected chi connectivity index (χ4v) is 4.05. The number of carboxylic acids is 1. The molecule has 0 fully saturated rings. The lowest BCUT2D eigenvalue weighted by molar-refractivity contribution is 0.0696. The minimum Gasteiger partial charge on any atom is -0.493 e. The van der Waals surface area contributed by atoms with Crippen LogP contribution in [-0.4, -0.2) is 45.8 Å². The summed E-state index contributed by atoms with van der Waals surface area (Å²) in [5.41, 5.74) is 0.692. The van der Waals surface area contributed by atoms with E-state index in [0.717, 1.165) is 11.6 Å². The number of aromatic carboxylic acids is 1. The van der Waals surface area contributed by atoms with Gasteiger partial charge in [0.15, 0.2) is 11.5 Å². The molecule has 2 rings (SSSR count). The summed E-state index contributed by atoms with van der Waals surface area (Å²) in [6.07, 6.45) is 0.417. The molecule has 30 heavy (non-hydrogen) atoms. The lowest BCUT2D eigenvalue weighted by atomic mass is 10.1. The number of hydrogen-bond donors (Lipinski definition) is 3. The van der Waals surface area contributed by atoms with Gasteiger partial charge in [-0.05, 0) is 63.1 Å². The Morgan fingerprint density at radius 1 is 1.03 bits per heavy atom. The minimum absolute atomic E-state index is 0.102. The summed E-state index contributed by atoms with van der Waals surface area (Å²) in [4.78, 5) is 11.2. The fourth-order valence-electron chi connectivity index (χ4n) is 2.83. The number of rotatable bonds is 9. The maximum Gasteiger partial charge on any atom is 0.335 e. The Morgan fingerprint density at radius 3 is 2.27 bits per heavy atom. The van der Waals surface area contributed by atoms with Crippen molar-refractivity contribution in [3.8, 4) is 11.5 Å². The average Bonchev–Trinajstić information content (AvgIpc) is 2.66. The van der Waals surface area contributed by atoms with E-state index in [0.29, 0.717) is 23.6 Å². The molecule has 0 aliphatic rings. The highest BCUT2D eigenvalue weighted by Gasteiger charge is 2.23. The Balaban J connectivity index is 2.24. The molecule has 8 nitrogen and oxygen atoms in total. The Labute approximate surface area is 177 Å². The minimum atomic E-state index is -3.95. The van der Waals surface area contributed by atoms with Gasteiger partial charge in [0.25, 0.3) is 0 Å². The zero-order valence-electron chi connectivity index (χ0n) is 17.8.